The second-order valence-electron chi connectivity index (χ2n) is 6.43. The Bertz CT molecular complexity index is 812. The summed E-state index contributed by atoms with van der Waals surface area (Å²) in [4.78, 5) is 23.2. The number of anilines is 1. The number of hydrogen-bond donors (Lipinski definition) is 2. The molecule has 2 rings (SSSR count). The molecule has 0 fully saturated rings. The minimum atomic E-state index is -4.48. The van der Waals surface area contributed by atoms with Gasteiger partial charge in [-0.25, -0.2) is 0 Å². The average molecular weight is 365 g/mol. The third-order valence-corrected chi connectivity index (χ3v) is 4.05. The lowest BCUT2D eigenvalue weighted by atomic mass is 9.83. The number of rotatable bonds is 5. The van der Waals surface area contributed by atoms with Crippen molar-refractivity contribution < 1.29 is 27.9 Å². The van der Waals surface area contributed by atoms with E-state index < -0.39 is 29.0 Å². The quantitative estimate of drug-likeness (QED) is 0.833. The summed E-state index contributed by atoms with van der Waals surface area (Å²) in [6, 6.07) is 10.9. The van der Waals surface area contributed by atoms with Crippen LogP contribution in [0.1, 0.15) is 30.5 Å². The van der Waals surface area contributed by atoms with Crippen LogP contribution in [0, 0.1) is 0 Å². The van der Waals surface area contributed by atoms with Gasteiger partial charge in [0.05, 0.1) is 17.4 Å². The molecule has 0 unspecified atom stereocenters. The minimum absolute atomic E-state index is 0.135. The number of carbonyl (C=O) groups is 2. The fraction of sp³-hybridized carbons (Fsp3) is 0.263. The molecule has 0 saturated heterocycles. The van der Waals surface area contributed by atoms with Gasteiger partial charge in [0.15, 0.2) is 0 Å². The highest BCUT2D eigenvalue weighted by Gasteiger charge is 2.34. The van der Waals surface area contributed by atoms with Gasteiger partial charge < -0.3 is 10.4 Å². The molecule has 0 aliphatic heterocycles. The molecule has 26 heavy (non-hydrogen) atoms. The number of amides is 1. The number of nitrogens with one attached hydrogen (secondary N) is 1. The first-order valence-corrected chi connectivity index (χ1v) is 7.80. The number of halogens is 3. The van der Waals surface area contributed by atoms with E-state index in [4.69, 9.17) is 5.11 Å². The van der Waals surface area contributed by atoms with Crippen LogP contribution in [-0.2, 0) is 27.6 Å². The van der Waals surface area contributed by atoms with Crippen molar-refractivity contribution in [1.29, 1.82) is 0 Å². The second kappa shape index (κ2) is 7.19. The van der Waals surface area contributed by atoms with Crippen LogP contribution < -0.4 is 5.32 Å². The molecule has 0 aromatic heterocycles. The third kappa shape index (κ3) is 4.62. The molecule has 0 aliphatic rings. The summed E-state index contributed by atoms with van der Waals surface area (Å²) in [5.74, 6) is -1.43. The Labute approximate surface area is 148 Å². The van der Waals surface area contributed by atoms with E-state index in [1.807, 2.05) is 0 Å². The molecule has 2 aromatic rings. The molecule has 0 aliphatic carbocycles. The SMILES string of the molecule is CC(C)(C(=O)Nc1ccc(CC(=O)O)cc1)c1cccc(C(F)(F)F)c1. The first kappa shape index (κ1) is 19.5. The lowest BCUT2D eigenvalue weighted by Gasteiger charge is -2.25. The van der Waals surface area contributed by atoms with Crippen molar-refractivity contribution in [3.8, 4) is 0 Å². The van der Waals surface area contributed by atoms with E-state index in [1.165, 1.54) is 26.0 Å². The van der Waals surface area contributed by atoms with Gasteiger partial charge in [-0.05, 0) is 43.2 Å². The standard InChI is InChI=1S/C19H18F3NO3/c1-18(2,13-4-3-5-14(11-13)19(20,21)22)17(26)23-15-8-6-12(7-9-15)10-16(24)25/h3-9,11H,10H2,1-2H3,(H,23,26)(H,24,25). The van der Waals surface area contributed by atoms with E-state index in [0.717, 1.165) is 12.1 Å². The van der Waals surface area contributed by atoms with Crippen molar-refractivity contribution in [2.75, 3.05) is 5.32 Å². The van der Waals surface area contributed by atoms with Gasteiger partial charge in [0.1, 0.15) is 0 Å². The topological polar surface area (TPSA) is 66.4 Å². The summed E-state index contributed by atoms with van der Waals surface area (Å²) >= 11 is 0. The van der Waals surface area contributed by atoms with Gasteiger partial charge in [-0.1, -0.05) is 30.3 Å². The van der Waals surface area contributed by atoms with Crippen LogP contribution in [0.15, 0.2) is 48.5 Å². The normalized spacial score (nSPS) is 11.9. The highest BCUT2D eigenvalue weighted by atomic mass is 19.4. The average Bonchev–Trinajstić information content (AvgIpc) is 2.55. The smallest absolute Gasteiger partial charge is 0.416 e. The van der Waals surface area contributed by atoms with Gasteiger partial charge in [-0.3, -0.25) is 9.59 Å². The molecule has 2 N–H and O–H groups in total. The van der Waals surface area contributed by atoms with E-state index in [2.05, 4.69) is 5.32 Å². The predicted molar refractivity (Wildman–Crippen MR) is 90.9 cm³/mol. The predicted octanol–water partition coefficient (Wildman–Crippen LogP) is 4.25. The fourth-order valence-electron chi connectivity index (χ4n) is 2.38. The van der Waals surface area contributed by atoms with Crippen molar-refractivity contribution >= 4 is 17.6 Å². The molecule has 7 heteroatoms. The highest BCUT2D eigenvalue weighted by Crippen LogP contribution is 2.33. The Morgan fingerprint density at radius 3 is 2.12 bits per heavy atom. The summed E-state index contributed by atoms with van der Waals surface area (Å²) in [5.41, 5.74) is -0.751. The molecule has 0 radical (unpaired) electrons. The van der Waals surface area contributed by atoms with E-state index in [0.29, 0.717) is 11.3 Å². The zero-order valence-corrected chi connectivity index (χ0v) is 14.2. The zero-order chi connectivity index (χ0) is 19.5. The van der Waals surface area contributed by atoms with Gasteiger partial charge in [0.2, 0.25) is 5.91 Å². The van der Waals surface area contributed by atoms with Gasteiger partial charge in [-0.15, -0.1) is 0 Å². The molecule has 0 atom stereocenters. The molecule has 4 nitrogen and oxygen atoms in total. The maximum absolute atomic E-state index is 12.9. The maximum Gasteiger partial charge on any atom is 0.416 e. The molecular formula is C19H18F3NO3. The lowest BCUT2D eigenvalue weighted by molar-refractivity contribution is -0.138. The van der Waals surface area contributed by atoms with Crippen molar-refractivity contribution in [2.45, 2.75) is 31.9 Å². The molecular weight excluding hydrogens is 347 g/mol. The minimum Gasteiger partial charge on any atom is -0.481 e. The second-order valence-corrected chi connectivity index (χ2v) is 6.43. The summed E-state index contributed by atoms with van der Waals surface area (Å²) in [5, 5.41) is 11.4. The number of benzene rings is 2. The van der Waals surface area contributed by atoms with Crippen LogP contribution in [0.25, 0.3) is 0 Å². The fourth-order valence-corrected chi connectivity index (χ4v) is 2.38. The number of aliphatic carboxylic acids is 1. The van der Waals surface area contributed by atoms with E-state index in [9.17, 15) is 22.8 Å². The molecule has 1 amide bonds. The van der Waals surface area contributed by atoms with Crippen LogP contribution in [0.5, 0.6) is 0 Å². The Morgan fingerprint density at radius 2 is 1.58 bits per heavy atom. The monoisotopic (exact) mass is 365 g/mol. The zero-order valence-electron chi connectivity index (χ0n) is 14.2. The van der Waals surface area contributed by atoms with Gasteiger partial charge in [0, 0.05) is 5.69 Å². The molecule has 0 heterocycles. The molecule has 0 spiro atoms. The number of carboxylic acid groups (broad SMARTS) is 1. The third-order valence-electron chi connectivity index (χ3n) is 4.05. The van der Waals surface area contributed by atoms with Gasteiger partial charge >= 0.3 is 12.1 Å². The van der Waals surface area contributed by atoms with Crippen molar-refractivity contribution in [3.63, 3.8) is 0 Å². The van der Waals surface area contributed by atoms with Crippen molar-refractivity contribution in [2.24, 2.45) is 0 Å². The summed E-state index contributed by atoms with van der Waals surface area (Å²) in [6.45, 7) is 3.08. The van der Waals surface area contributed by atoms with Crippen LogP contribution in [-0.4, -0.2) is 17.0 Å². The summed E-state index contributed by atoms with van der Waals surface area (Å²) < 4.78 is 38.7. The highest BCUT2D eigenvalue weighted by molar-refractivity contribution is 5.98. The first-order valence-electron chi connectivity index (χ1n) is 7.80. The van der Waals surface area contributed by atoms with Crippen LogP contribution in [0.3, 0.4) is 0 Å². The maximum atomic E-state index is 12.9. The molecule has 138 valence electrons. The Hall–Kier alpha value is -2.83. The number of carboxylic acids is 1. The first-order chi connectivity index (χ1) is 12.0. The number of hydrogen-bond acceptors (Lipinski definition) is 2. The van der Waals surface area contributed by atoms with Crippen molar-refractivity contribution in [3.05, 3.63) is 65.2 Å². The number of carbonyl (C=O) groups excluding carboxylic acids is 1. The van der Waals surface area contributed by atoms with Gasteiger partial charge in [-0.2, -0.15) is 13.2 Å². The Balaban J connectivity index is 2.18. The largest absolute Gasteiger partial charge is 0.481 e. The Kier molecular flexibility index (Phi) is 5.39. The molecule has 0 saturated carbocycles. The van der Waals surface area contributed by atoms with Crippen LogP contribution >= 0.6 is 0 Å². The molecule has 2 aromatic carbocycles. The van der Waals surface area contributed by atoms with E-state index >= 15 is 0 Å². The van der Waals surface area contributed by atoms with Crippen molar-refractivity contribution in [1.82, 2.24) is 0 Å². The summed E-state index contributed by atoms with van der Waals surface area (Å²) in [6.07, 6.45) is -4.62. The van der Waals surface area contributed by atoms with Crippen LogP contribution in [0.4, 0.5) is 18.9 Å². The number of alkyl halides is 3. The van der Waals surface area contributed by atoms with Gasteiger partial charge in [0.25, 0.3) is 0 Å². The lowest BCUT2D eigenvalue weighted by Crippen LogP contribution is -2.35. The molecule has 0 bridgehead atoms. The Morgan fingerprint density at radius 1 is 1.00 bits per heavy atom. The van der Waals surface area contributed by atoms with Crippen LogP contribution in [0.2, 0.25) is 0 Å². The summed E-state index contributed by atoms with van der Waals surface area (Å²) in [7, 11) is 0. The van der Waals surface area contributed by atoms with E-state index in [-0.39, 0.29) is 12.0 Å². The van der Waals surface area contributed by atoms with E-state index in [1.54, 1.807) is 24.3 Å².